The Bertz CT molecular complexity index is 608. The van der Waals surface area contributed by atoms with Gasteiger partial charge in [-0.05, 0) is 32.0 Å². The van der Waals surface area contributed by atoms with Gasteiger partial charge in [0.15, 0.2) is 0 Å². The SMILES string of the molecule is CC(C)n1cc(NC(=O)c2ccc(O)c(Cl)c2)cn1. The van der Waals surface area contributed by atoms with E-state index in [0.717, 1.165) is 0 Å². The van der Waals surface area contributed by atoms with Gasteiger partial charge >= 0.3 is 0 Å². The summed E-state index contributed by atoms with van der Waals surface area (Å²) in [5.74, 6) is -0.351. The van der Waals surface area contributed by atoms with Gasteiger partial charge in [0, 0.05) is 17.8 Å². The van der Waals surface area contributed by atoms with Crippen molar-refractivity contribution in [2.75, 3.05) is 5.32 Å². The summed E-state index contributed by atoms with van der Waals surface area (Å²) in [5, 5.41) is 16.3. The zero-order chi connectivity index (χ0) is 14.0. The summed E-state index contributed by atoms with van der Waals surface area (Å²) in [7, 11) is 0. The number of hydrogen-bond acceptors (Lipinski definition) is 3. The van der Waals surface area contributed by atoms with Gasteiger partial charge in [0.2, 0.25) is 0 Å². The van der Waals surface area contributed by atoms with Crippen LogP contribution in [0.3, 0.4) is 0 Å². The van der Waals surface area contributed by atoms with E-state index in [4.69, 9.17) is 11.6 Å². The number of anilines is 1. The van der Waals surface area contributed by atoms with Crippen molar-refractivity contribution in [2.45, 2.75) is 19.9 Å². The Labute approximate surface area is 115 Å². The monoisotopic (exact) mass is 279 g/mol. The molecular weight excluding hydrogens is 266 g/mol. The quantitative estimate of drug-likeness (QED) is 0.907. The number of carbonyl (C=O) groups excluding carboxylic acids is 1. The van der Waals surface area contributed by atoms with Gasteiger partial charge < -0.3 is 10.4 Å². The summed E-state index contributed by atoms with van der Waals surface area (Å²) in [6, 6.07) is 4.53. The fraction of sp³-hybridized carbons (Fsp3) is 0.231. The molecule has 2 aromatic rings. The third-order valence-corrected chi connectivity index (χ3v) is 2.90. The molecule has 1 aromatic heterocycles. The van der Waals surface area contributed by atoms with Gasteiger partial charge in [0.25, 0.3) is 5.91 Å². The van der Waals surface area contributed by atoms with E-state index in [1.165, 1.54) is 18.2 Å². The van der Waals surface area contributed by atoms with E-state index in [1.807, 2.05) is 13.8 Å². The van der Waals surface area contributed by atoms with E-state index in [0.29, 0.717) is 11.3 Å². The van der Waals surface area contributed by atoms with Crippen molar-refractivity contribution in [3.63, 3.8) is 0 Å². The molecule has 0 fully saturated rings. The van der Waals surface area contributed by atoms with Crippen molar-refractivity contribution >= 4 is 23.2 Å². The lowest BCUT2D eigenvalue weighted by atomic mass is 10.2. The Balaban J connectivity index is 2.13. The van der Waals surface area contributed by atoms with Crippen LogP contribution in [0.15, 0.2) is 30.6 Å². The molecule has 1 amide bonds. The zero-order valence-electron chi connectivity index (χ0n) is 10.6. The van der Waals surface area contributed by atoms with Crippen LogP contribution in [0.2, 0.25) is 5.02 Å². The number of amides is 1. The van der Waals surface area contributed by atoms with Crippen LogP contribution in [-0.4, -0.2) is 20.8 Å². The lowest BCUT2D eigenvalue weighted by molar-refractivity contribution is 0.102. The summed E-state index contributed by atoms with van der Waals surface area (Å²) in [6.07, 6.45) is 3.34. The zero-order valence-corrected chi connectivity index (χ0v) is 11.3. The second-order valence-electron chi connectivity index (χ2n) is 4.42. The summed E-state index contributed by atoms with van der Waals surface area (Å²) >= 11 is 5.76. The van der Waals surface area contributed by atoms with E-state index < -0.39 is 0 Å². The first-order chi connectivity index (χ1) is 8.97. The van der Waals surface area contributed by atoms with Crippen molar-refractivity contribution in [3.8, 4) is 5.75 Å². The Kier molecular flexibility index (Phi) is 3.76. The molecule has 0 aliphatic carbocycles. The summed E-state index contributed by atoms with van der Waals surface area (Å²) in [5.41, 5.74) is 0.989. The molecule has 1 aromatic carbocycles. The van der Waals surface area contributed by atoms with Crippen LogP contribution in [-0.2, 0) is 0 Å². The van der Waals surface area contributed by atoms with E-state index in [9.17, 15) is 9.90 Å². The van der Waals surface area contributed by atoms with E-state index in [1.54, 1.807) is 17.1 Å². The molecule has 0 unspecified atom stereocenters. The number of aromatic nitrogens is 2. The first-order valence-electron chi connectivity index (χ1n) is 5.81. The fourth-order valence-electron chi connectivity index (χ4n) is 1.54. The number of aromatic hydroxyl groups is 1. The molecular formula is C13H14ClN3O2. The molecule has 19 heavy (non-hydrogen) atoms. The minimum atomic E-state index is -0.301. The molecule has 1 heterocycles. The average molecular weight is 280 g/mol. The number of halogens is 1. The van der Waals surface area contributed by atoms with Crippen molar-refractivity contribution < 1.29 is 9.90 Å². The molecule has 0 bridgehead atoms. The third-order valence-electron chi connectivity index (χ3n) is 2.60. The first kappa shape index (κ1) is 13.4. The smallest absolute Gasteiger partial charge is 0.255 e. The van der Waals surface area contributed by atoms with Gasteiger partial charge in [-0.15, -0.1) is 0 Å². The topological polar surface area (TPSA) is 67.2 Å². The molecule has 0 atom stereocenters. The molecule has 100 valence electrons. The van der Waals surface area contributed by atoms with Crippen molar-refractivity contribution in [3.05, 3.63) is 41.2 Å². The minimum absolute atomic E-state index is 0.0501. The van der Waals surface area contributed by atoms with Gasteiger partial charge in [-0.25, -0.2) is 0 Å². The Morgan fingerprint density at radius 1 is 1.47 bits per heavy atom. The maximum atomic E-state index is 12.0. The van der Waals surface area contributed by atoms with Crippen LogP contribution in [0, 0.1) is 0 Å². The summed E-state index contributed by atoms with van der Waals surface area (Å²) in [4.78, 5) is 12.0. The fourth-order valence-corrected chi connectivity index (χ4v) is 1.72. The number of hydrogen-bond donors (Lipinski definition) is 2. The molecule has 0 aliphatic heterocycles. The van der Waals surface area contributed by atoms with Crippen LogP contribution in [0.5, 0.6) is 5.75 Å². The number of carbonyl (C=O) groups is 1. The van der Waals surface area contributed by atoms with Crippen molar-refractivity contribution in [1.29, 1.82) is 0 Å². The molecule has 5 nitrogen and oxygen atoms in total. The standard InChI is InChI=1S/C13H14ClN3O2/c1-8(2)17-7-10(6-15-17)16-13(19)9-3-4-12(18)11(14)5-9/h3-8,18H,1-2H3,(H,16,19). The van der Waals surface area contributed by atoms with Gasteiger partial charge in [-0.1, -0.05) is 11.6 Å². The lowest BCUT2D eigenvalue weighted by Gasteiger charge is -2.05. The molecule has 0 saturated carbocycles. The maximum Gasteiger partial charge on any atom is 0.255 e. The second-order valence-corrected chi connectivity index (χ2v) is 4.83. The second kappa shape index (κ2) is 5.32. The first-order valence-corrected chi connectivity index (χ1v) is 6.19. The van der Waals surface area contributed by atoms with Crippen molar-refractivity contribution in [2.24, 2.45) is 0 Å². The van der Waals surface area contributed by atoms with E-state index in [-0.39, 0.29) is 22.7 Å². The normalized spacial score (nSPS) is 10.7. The summed E-state index contributed by atoms with van der Waals surface area (Å²) in [6.45, 7) is 4.00. The average Bonchev–Trinajstić information content (AvgIpc) is 2.81. The van der Waals surface area contributed by atoms with Crippen LogP contribution >= 0.6 is 11.6 Å². The van der Waals surface area contributed by atoms with Crippen LogP contribution in [0.25, 0.3) is 0 Å². The molecule has 2 N–H and O–H groups in total. The number of nitrogens with zero attached hydrogens (tertiary/aromatic N) is 2. The number of phenolic OH excluding ortho intramolecular Hbond substituents is 1. The number of phenols is 1. The lowest BCUT2D eigenvalue weighted by Crippen LogP contribution is -2.11. The van der Waals surface area contributed by atoms with Crippen molar-refractivity contribution in [1.82, 2.24) is 9.78 Å². The number of rotatable bonds is 3. The Hall–Kier alpha value is -2.01. The minimum Gasteiger partial charge on any atom is -0.506 e. The maximum absolute atomic E-state index is 12.0. The number of benzene rings is 1. The van der Waals surface area contributed by atoms with Crippen LogP contribution in [0.1, 0.15) is 30.2 Å². The summed E-state index contributed by atoms with van der Waals surface area (Å²) < 4.78 is 1.75. The molecule has 0 radical (unpaired) electrons. The predicted molar refractivity (Wildman–Crippen MR) is 73.7 cm³/mol. The highest BCUT2D eigenvalue weighted by molar-refractivity contribution is 6.32. The van der Waals surface area contributed by atoms with E-state index >= 15 is 0 Å². The van der Waals surface area contributed by atoms with Gasteiger partial charge in [0.1, 0.15) is 5.75 Å². The third kappa shape index (κ3) is 3.06. The highest BCUT2D eigenvalue weighted by Crippen LogP contribution is 2.24. The largest absolute Gasteiger partial charge is 0.506 e. The predicted octanol–water partition coefficient (Wildman–Crippen LogP) is 3.08. The molecule has 0 aliphatic rings. The van der Waals surface area contributed by atoms with Gasteiger partial charge in [-0.2, -0.15) is 5.10 Å². The van der Waals surface area contributed by atoms with E-state index in [2.05, 4.69) is 10.4 Å². The van der Waals surface area contributed by atoms with Crippen LogP contribution < -0.4 is 5.32 Å². The molecule has 6 heteroatoms. The molecule has 0 saturated heterocycles. The highest BCUT2D eigenvalue weighted by atomic mass is 35.5. The van der Waals surface area contributed by atoms with Crippen LogP contribution in [0.4, 0.5) is 5.69 Å². The Morgan fingerprint density at radius 2 is 2.21 bits per heavy atom. The van der Waals surface area contributed by atoms with Gasteiger partial charge in [0.05, 0.1) is 16.9 Å². The molecule has 0 spiro atoms. The number of nitrogens with one attached hydrogen (secondary N) is 1. The Morgan fingerprint density at radius 3 is 2.79 bits per heavy atom. The van der Waals surface area contributed by atoms with Gasteiger partial charge in [-0.3, -0.25) is 9.48 Å². The highest BCUT2D eigenvalue weighted by Gasteiger charge is 2.10. The molecule has 2 rings (SSSR count).